The number of hydrogen-bond donors (Lipinski definition) is 2. The van der Waals surface area contributed by atoms with E-state index in [1.807, 2.05) is 42.2 Å². The Morgan fingerprint density at radius 1 is 0.848 bits per heavy atom. The lowest BCUT2D eigenvalue weighted by molar-refractivity contribution is -0.149. The standard InChI is InChI=1S/C50H57FN6O9/c1-31(32-6-8-33(9-7-32)38-18-22-52-41-15-10-34(51)30-40(38)41)47(60)54-35-11-13-36(14-12-35)66-37-19-24-56(25-20-37)45(59)21-26-64-28-29-65-27-23-53-42-5-3-4-39-46(42)50(63)57(48(39)61)43-16-17-44(58)55(2)49(43)62/h3-5,10-15,18,22,30-33,37,43,53H,6-9,16-17,19-21,23-29H2,1-2H3,(H,54,60)/t31-,32?,33?,43?/m1/s1. The van der Waals surface area contributed by atoms with E-state index in [0.717, 1.165) is 51.9 Å². The number of amides is 6. The first-order chi connectivity index (χ1) is 32.0. The number of aromatic nitrogens is 1. The molecular formula is C50H57FN6O9. The van der Waals surface area contributed by atoms with E-state index in [1.165, 1.54) is 13.1 Å². The van der Waals surface area contributed by atoms with Gasteiger partial charge in [-0.2, -0.15) is 0 Å². The third kappa shape index (κ3) is 10.4. The fourth-order valence-electron chi connectivity index (χ4n) is 9.70. The molecule has 4 heterocycles. The Morgan fingerprint density at radius 3 is 2.35 bits per heavy atom. The Bertz CT molecular complexity index is 2450. The quantitative estimate of drug-likeness (QED) is 0.0866. The first-order valence-corrected chi connectivity index (χ1v) is 23.1. The minimum atomic E-state index is -1.02. The van der Waals surface area contributed by atoms with Gasteiger partial charge in [0.05, 0.1) is 49.5 Å². The number of hydrogen-bond acceptors (Lipinski definition) is 11. The number of halogens is 1. The monoisotopic (exact) mass is 904 g/mol. The van der Waals surface area contributed by atoms with Gasteiger partial charge in [0, 0.05) is 74.8 Å². The number of rotatable bonds is 17. The van der Waals surface area contributed by atoms with Gasteiger partial charge in [-0.1, -0.05) is 13.0 Å². The summed E-state index contributed by atoms with van der Waals surface area (Å²) in [5.74, 6) is -1.12. The van der Waals surface area contributed by atoms with Gasteiger partial charge in [0.15, 0.2) is 0 Å². The molecule has 0 radical (unpaired) electrons. The number of nitrogens with one attached hydrogen (secondary N) is 2. The molecular weight excluding hydrogens is 848 g/mol. The van der Waals surface area contributed by atoms with Crippen LogP contribution in [0.25, 0.3) is 10.9 Å². The second kappa shape index (κ2) is 20.9. The lowest BCUT2D eigenvalue weighted by Gasteiger charge is -2.32. The zero-order valence-corrected chi connectivity index (χ0v) is 37.5. The minimum Gasteiger partial charge on any atom is -0.490 e. The number of nitrogens with zero attached hydrogens (tertiary/aromatic N) is 4. The second-order valence-electron chi connectivity index (χ2n) is 17.6. The summed E-state index contributed by atoms with van der Waals surface area (Å²) >= 11 is 0. The average Bonchev–Trinajstić information content (AvgIpc) is 3.59. The molecule has 6 amide bonds. The molecule has 2 saturated heterocycles. The fourth-order valence-corrected chi connectivity index (χ4v) is 9.70. The van der Waals surface area contributed by atoms with Crippen molar-refractivity contribution in [1.82, 2.24) is 19.7 Å². The van der Waals surface area contributed by atoms with Gasteiger partial charge in [-0.25, -0.2) is 4.39 Å². The van der Waals surface area contributed by atoms with E-state index in [9.17, 15) is 33.2 Å². The van der Waals surface area contributed by atoms with E-state index in [2.05, 4.69) is 15.6 Å². The predicted molar refractivity (Wildman–Crippen MR) is 243 cm³/mol. The molecule has 66 heavy (non-hydrogen) atoms. The van der Waals surface area contributed by atoms with Gasteiger partial charge in [0.1, 0.15) is 23.7 Å². The van der Waals surface area contributed by atoms with Crippen LogP contribution in [-0.2, 0) is 28.7 Å². The maximum absolute atomic E-state index is 14.0. The van der Waals surface area contributed by atoms with E-state index in [1.54, 1.807) is 36.5 Å². The molecule has 3 aliphatic heterocycles. The molecule has 3 aromatic carbocycles. The van der Waals surface area contributed by atoms with Crippen molar-refractivity contribution in [3.63, 3.8) is 0 Å². The van der Waals surface area contributed by atoms with Gasteiger partial charge in [-0.3, -0.25) is 43.6 Å². The highest BCUT2D eigenvalue weighted by molar-refractivity contribution is 6.25. The topological polar surface area (TPSA) is 177 Å². The third-order valence-corrected chi connectivity index (χ3v) is 13.6. The van der Waals surface area contributed by atoms with Gasteiger partial charge >= 0.3 is 0 Å². The smallest absolute Gasteiger partial charge is 0.264 e. The Labute approximate surface area is 383 Å². The number of imide groups is 2. The summed E-state index contributed by atoms with van der Waals surface area (Å²) in [6.07, 6.45) is 7.35. The van der Waals surface area contributed by atoms with E-state index < -0.39 is 23.8 Å². The van der Waals surface area contributed by atoms with Gasteiger partial charge in [-0.05, 0) is 110 Å². The van der Waals surface area contributed by atoms with Crippen LogP contribution in [0, 0.1) is 17.7 Å². The average molecular weight is 905 g/mol. The number of benzene rings is 3. The molecule has 4 aromatic rings. The number of carbonyl (C=O) groups excluding carboxylic acids is 6. The van der Waals surface area contributed by atoms with E-state index in [0.29, 0.717) is 75.3 Å². The summed E-state index contributed by atoms with van der Waals surface area (Å²) in [5, 5.41) is 7.11. The second-order valence-corrected chi connectivity index (χ2v) is 17.6. The number of fused-ring (bicyclic) bond motifs is 2. The lowest BCUT2D eigenvalue weighted by Crippen LogP contribution is -2.54. The zero-order valence-electron chi connectivity index (χ0n) is 37.5. The lowest BCUT2D eigenvalue weighted by atomic mass is 9.73. The highest BCUT2D eigenvalue weighted by atomic mass is 19.1. The Balaban J connectivity index is 0.674. The highest BCUT2D eigenvalue weighted by Gasteiger charge is 2.47. The Morgan fingerprint density at radius 2 is 1.59 bits per heavy atom. The highest BCUT2D eigenvalue weighted by Crippen LogP contribution is 2.41. The summed E-state index contributed by atoms with van der Waals surface area (Å²) in [7, 11) is 1.36. The summed E-state index contributed by atoms with van der Waals surface area (Å²) < 4.78 is 31.6. The van der Waals surface area contributed by atoms with Crippen LogP contribution < -0.4 is 15.4 Å². The summed E-state index contributed by atoms with van der Waals surface area (Å²) in [5.41, 5.74) is 3.52. The number of carbonyl (C=O) groups is 6. The SMILES string of the molecule is C[C@@H](C(=O)Nc1ccc(OC2CCN(C(=O)CCOCCOCCNc3cccc4c3C(=O)N(C3CCC(=O)N(C)C3=O)C4=O)CC2)cc1)C1CCC(c2ccnc3ccc(F)cc23)CC1. The number of likely N-dealkylation sites (tertiary alicyclic amines) is 2. The maximum atomic E-state index is 14.0. The third-order valence-electron chi connectivity index (χ3n) is 13.6. The molecule has 1 unspecified atom stereocenters. The first kappa shape index (κ1) is 46.3. The summed E-state index contributed by atoms with van der Waals surface area (Å²) in [4.78, 5) is 85.6. The largest absolute Gasteiger partial charge is 0.490 e. The van der Waals surface area contributed by atoms with Crippen LogP contribution in [0.3, 0.4) is 0 Å². The molecule has 1 aliphatic carbocycles. The van der Waals surface area contributed by atoms with Gasteiger partial charge < -0.3 is 29.7 Å². The summed E-state index contributed by atoms with van der Waals surface area (Å²) in [6, 6.07) is 18.1. The van der Waals surface area contributed by atoms with Gasteiger partial charge in [0.25, 0.3) is 17.7 Å². The van der Waals surface area contributed by atoms with Crippen molar-refractivity contribution in [2.45, 2.75) is 82.8 Å². The van der Waals surface area contributed by atoms with Crippen molar-refractivity contribution in [2.75, 3.05) is 63.7 Å². The predicted octanol–water partition coefficient (Wildman–Crippen LogP) is 6.57. The molecule has 2 N–H and O–H groups in total. The Kier molecular flexibility index (Phi) is 14.7. The molecule has 1 aromatic heterocycles. The number of pyridine rings is 1. The molecule has 16 heteroatoms. The molecule has 2 atom stereocenters. The first-order valence-electron chi connectivity index (χ1n) is 23.1. The molecule has 0 bridgehead atoms. The maximum Gasteiger partial charge on any atom is 0.264 e. The number of anilines is 2. The van der Waals surface area contributed by atoms with E-state index in [4.69, 9.17) is 14.2 Å². The van der Waals surface area contributed by atoms with Crippen molar-refractivity contribution >= 4 is 57.7 Å². The van der Waals surface area contributed by atoms with E-state index >= 15 is 0 Å². The molecule has 4 aliphatic rings. The van der Waals surface area contributed by atoms with Crippen LogP contribution in [0.15, 0.2) is 72.9 Å². The van der Waals surface area contributed by atoms with Crippen molar-refractivity contribution in [3.8, 4) is 5.75 Å². The van der Waals surface area contributed by atoms with Crippen LogP contribution in [0.5, 0.6) is 5.75 Å². The van der Waals surface area contributed by atoms with Crippen LogP contribution in [0.2, 0.25) is 0 Å². The molecule has 8 rings (SSSR count). The minimum absolute atomic E-state index is 0.00391. The summed E-state index contributed by atoms with van der Waals surface area (Å²) in [6.45, 7) is 4.69. The van der Waals surface area contributed by atoms with Gasteiger partial charge in [0.2, 0.25) is 17.7 Å². The molecule has 348 valence electrons. The van der Waals surface area contributed by atoms with Crippen molar-refractivity contribution in [1.29, 1.82) is 0 Å². The van der Waals surface area contributed by atoms with Gasteiger partial charge in [-0.15, -0.1) is 0 Å². The molecule has 3 fully saturated rings. The van der Waals surface area contributed by atoms with Crippen LogP contribution in [0.1, 0.15) is 96.9 Å². The zero-order chi connectivity index (χ0) is 46.3. The molecule has 0 spiro atoms. The number of likely N-dealkylation sites (N-methyl/N-ethyl adjacent to an activating group) is 1. The van der Waals surface area contributed by atoms with E-state index in [-0.39, 0.29) is 78.5 Å². The normalized spacial score (nSPS) is 20.7. The van der Waals surface area contributed by atoms with Crippen molar-refractivity contribution < 1.29 is 47.4 Å². The van der Waals surface area contributed by atoms with Crippen molar-refractivity contribution in [2.24, 2.45) is 11.8 Å². The molecule has 15 nitrogen and oxygen atoms in total. The molecule has 1 saturated carbocycles. The van der Waals surface area contributed by atoms with Crippen molar-refractivity contribution in [3.05, 3.63) is 95.4 Å². The fraction of sp³-hybridized carbons (Fsp3) is 0.460. The number of ether oxygens (including phenoxy) is 3. The Hall–Kier alpha value is -6.26. The van der Waals surface area contributed by atoms with Crippen LogP contribution in [-0.4, -0.2) is 120 Å². The van der Waals surface area contributed by atoms with Crippen LogP contribution in [0.4, 0.5) is 15.8 Å². The number of piperidine rings is 2. The van der Waals surface area contributed by atoms with Crippen LogP contribution >= 0.6 is 0 Å².